The van der Waals surface area contributed by atoms with Crippen LogP contribution >= 0.6 is 11.1 Å². The van der Waals surface area contributed by atoms with Gasteiger partial charge in [-0.2, -0.15) is 21.6 Å². The molecule has 0 atom stereocenters. The molecule has 0 bridgehead atoms. The fourth-order valence-electron chi connectivity index (χ4n) is 5.14. The molecular weight excluding hydrogens is 603 g/mol. The molecule has 0 aromatic heterocycles. The van der Waals surface area contributed by atoms with E-state index in [-0.39, 0.29) is 5.75 Å². The van der Waals surface area contributed by atoms with E-state index in [1.54, 1.807) is 12.1 Å². The van der Waals surface area contributed by atoms with Crippen LogP contribution in [0.5, 0.6) is 11.5 Å². The van der Waals surface area contributed by atoms with E-state index in [1.165, 1.54) is 36.4 Å². The normalized spacial score (nSPS) is 14.7. The van der Waals surface area contributed by atoms with E-state index < -0.39 is 37.9 Å². The minimum absolute atomic E-state index is 0.0746. The number of aryl methyl sites for hydroxylation is 2. The van der Waals surface area contributed by atoms with Gasteiger partial charge in [-0.25, -0.2) is 0 Å². The van der Waals surface area contributed by atoms with E-state index in [2.05, 4.69) is 13.6 Å². The van der Waals surface area contributed by atoms with Crippen molar-refractivity contribution >= 4 is 21.2 Å². The van der Waals surface area contributed by atoms with Crippen molar-refractivity contribution in [2.45, 2.75) is 24.8 Å². The molecule has 13 heteroatoms. The summed E-state index contributed by atoms with van der Waals surface area (Å²) in [6.07, 6.45) is 0.566. The van der Waals surface area contributed by atoms with Gasteiger partial charge in [0.25, 0.3) is 0 Å². The summed E-state index contributed by atoms with van der Waals surface area (Å²) in [5.41, 5.74) is 0.234. The molecule has 222 valence electrons. The van der Waals surface area contributed by atoms with Crippen molar-refractivity contribution in [1.82, 2.24) is 0 Å². The predicted octanol–water partition coefficient (Wildman–Crippen LogP) is 8.26. The van der Waals surface area contributed by atoms with Crippen molar-refractivity contribution in [3.05, 3.63) is 118 Å². The minimum Gasteiger partial charge on any atom is -0.376 e. The first-order chi connectivity index (χ1) is 19.6. The molecule has 5 rings (SSSR count). The third-order valence-corrected chi connectivity index (χ3v) is 8.06. The van der Waals surface area contributed by atoms with Crippen molar-refractivity contribution in [3.63, 3.8) is 0 Å². The average molecular weight is 627 g/mol. The Morgan fingerprint density at radius 2 is 1.14 bits per heavy atom. The molecule has 0 spiro atoms. The summed E-state index contributed by atoms with van der Waals surface area (Å²) < 4.78 is 96.3. The standard InChI is InChI=1S/C29H23F5O6S2/c1-18-4-14-24-25-15-5-19(2)17-27(25)28(26(24)16-18,20-6-10-22(11-7-20)37-39-40-41(3,33)34)21-8-12-23(13-9-21)38-42(35,36)29(30,31)32/h4-17H,1-3H3. The molecule has 0 N–H and O–H groups in total. The average Bonchev–Trinajstić information content (AvgIpc) is 3.17. The summed E-state index contributed by atoms with van der Waals surface area (Å²) in [7, 11) is -5.86. The molecule has 42 heavy (non-hydrogen) atoms. The molecule has 0 fully saturated rings. The molecule has 0 heterocycles. The fourth-order valence-corrected chi connectivity index (χ4v) is 5.72. The highest BCUT2D eigenvalue weighted by Crippen LogP contribution is 2.57. The predicted molar refractivity (Wildman–Crippen MR) is 147 cm³/mol. The number of halogens is 5. The lowest BCUT2D eigenvalue weighted by Crippen LogP contribution is -2.29. The summed E-state index contributed by atoms with van der Waals surface area (Å²) in [5, 5.41) is 4.22. The van der Waals surface area contributed by atoms with E-state index in [0.717, 1.165) is 33.4 Å². The first kappa shape index (κ1) is 29.8. The molecular formula is C29H23F5O6S2. The van der Waals surface area contributed by atoms with E-state index in [9.17, 15) is 29.4 Å². The number of hydrogen-bond donors (Lipinski definition) is 0. The van der Waals surface area contributed by atoms with Gasteiger partial charge in [-0.3, -0.25) is 0 Å². The lowest BCUT2D eigenvalue weighted by Gasteiger charge is -2.34. The van der Waals surface area contributed by atoms with Crippen LogP contribution in [-0.2, 0) is 24.9 Å². The van der Waals surface area contributed by atoms with Crippen LogP contribution in [0.15, 0.2) is 84.9 Å². The smallest absolute Gasteiger partial charge is 0.376 e. The van der Waals surface area contributed by atoms with Crippen LogP contribution in [0.2, 0.25) is 0 Å². The van der Waals surface area contributed by atoms with Crippen LogP contribution < -0.4 is 9.07 Å². The molecule has 4 aromatic rings. The number of alkyl halides is 3. The maximum atomic E-state index is 13.0. The molecule has 0 aliphatic heterocycles. The maximum absolute atomic E-state index is 13.0. The van der Waals surface area contributed by atoms with E-state index >= 15 is 0 Å². The fraction of sp³-hybridized carbons (Fsp3) is 0.172. The van der Waals surface area contributed by atoms with Crippen LogP contribution in [0, 0.1) is 13.8 Å². The monoisotopic (exact) mass is 626 g/mol. The Morgan fingerprint density at radius 1 is 0.690 bits per heavy atom. The highest BCUT2D eigenvalue weighted by Gasteiger charge is 2.49. The molecule has 0 unspecified atom stereocenters. The first-order valence-corrected chi connectivity index (χ1v) is 15.4. The third-order valence-electron chi connectivity index (χ3n) is 6.79. The van der Waals surface area contributed by atoms with Gasteiger partial charge in [-0.1, -0.05) is 76.1 Å². The lowest BCUT2D eigenvalue weighted by atomic mass is 9.67. The van der Waals surface area contributed by atoms with E-state index in [1.807, 2.05) is 50.2 Å². The molecule has 0 amide bonds. The van der Waals surface area contributed by atoms with Gasteiger partial charge in [0.15, 0.2) is 5.75 Å². The van der Waals surface area contributed by atoms with Gasteiger partial charge in [-0.05, 0) is 71.5 Å². The van der Waals surface area contributed by atoms with Crippen molar-refractivity contribution in [1.29, 1.82) is 0 Å². The van der Waals surface area contributed by atoms with Crippen molar-refractivity contribution in [2.75, 3.05) is 6.26 Å². The van der Waals surface area contributed by atoms with Gasteiger partial charge in [0.1, 0.15) is 5.75 Å². The van der Waals surface area contributed by atoms with Crippen molar-refractivity contribution < 1.29 is 47.8 Å². The van der Waals surface area contributed by atoms with Crippen LogP contribution in [0.25, 0.3) is 11.1 Å². The number of hydrogen-bond acceptors (Lipinski definition) is 6. The SMILES string of the molecule is Cc1ccc2c(c1)C(c1ccc(OOOS(C)(F)F)cc1)(c1ccc(OS(=O)(=O)C(F)(F)F)cc1)c1cc(C)ccc1-2. The Labute approximate surface area is 240 Å². The molecule has 0 saturated carbocycles. The van der Waals surface area contributed by atoms with Crippen molar-refractivity contribution in [2.24, 2.45) is 0 Å². The lowest BCUT2D eigenvalue weighted by molar-refractivity contribution is -0.410. The molecule has 1 aliphatic carbocycles. The van der Waals surface area contributed by atoms with Gasteiger partial charge >= 0.3 is 15.6 Å². The van der Waals surface area contributed by atoms with Crippen LogP contribution in [0.4, 0.5) is 20.9 Å². The summed E-state index contributed by atoms with van der Waals surface area (Å²) >= 11 is -4.42. The van der Waals surface area contributed by atoms with Gasteiger partial charge in [-0.15, -0.1) is 7.77 Å². The highest BCUT2D eigenvalue weighted by molar-refractivity contribution is 8.20. The van der Waals surface area contributed by atoms with Gasteiger partial charge < -0.3 is 9.07 Å². The molecule has 0 radical (unpaired) electrons. The molecule has 0 saturated heterocycles. The Balaban J connectivity index is 1.67. The second-order valence-electron chi connectivity index (χ2n) is 9.76. The highest BCUT2D eigenvalue weighted by atomic mass is 32.3. The van der Waals surface area contributed by atoms with Crippen LogP contribution in [0.3, 0.4) is 0 Å². The third kappa shape index (κ3) is 5.44. The Bertz CT molecular complexity index is 1680. The summed E-state index contributed by atoms with van der Waals surface area (Å²) in [5.74, 6) is -0.431. The van der Waals surface area contributed by atoms with Gasteiger partial charge in [0.2, 0.25) is 11.1 Å². The Kier molecular flexibility index (Phi) is 7.50. The van der Waals surface area contributed by atoms with Crippen molar-refractivity contribution in [3.8, 4) is 22.6 Å². The van der Waals surface area contributed by atoms with E-state index in [0.29, 0.717) is 17.4 Å². The zero-order valence-electron chi connectivity index (χ0n) is 22.2. The number of benzene rings is 4. The maximum Gasteiger partial charge on any atom is 0.534 e. The molecule has 1 aliphatic rings. The zero-order chi connectivity index (χ0) is 30.5. The van der Waals surface area contributed by atoms with Gasteiger partial charge in [0.05, 0.1) is 5.41 Å². The largest absolute Gasteiger partial charge is 0.534 e. The second kappa shape index (κ2) is 10.6. The number of fused-ring (bicyclic) bond motifs is 3. The Morgan fingerprint density at radius 3 is 1.57 bits per heavy atom. The zero-order valence-corrected chi connectivity index (χ0v) is 23.9. The van der Waals surface area contributed by atoms with Gasteiger partial charge in [0, 0.05) is 11.3 Å². The minimum atomic E-state index is -5.86. The summed E-state index contributed by atoms with van der Waals surface area (Å²) in [6.45, 7) is 3.86. The van der Waals surface area contributed by atoms with Crippen LogP contribution in [0.1, 0.15) is 33.4 Å². The summed E-state index contributed by atoms with van der Waals surface area (Å²) in [4.78, 5) is 4.86. The first-order valence-electron chi connectivity index (χ1n) is 12.3. The molecule has 6 nitrogen and oxygen atoms in total. The number of rotatable bonds is 8. The topological polar surface area (TPSA) is 71.1 Å². The Hall–Kier alpha value is -3.65. The van der Waals surface area contributed by atoms with E-state index in [4.69, 9.17) is 4.89 Å². The summed E-state index contributed by atoms with van der Waals surface area (Å²) in [6, 6.07) is 23.7. The quantitative estimate of drug-likeness (QED) is 0.0568. The second-order valence-corrected chi connectivity index (χ2v) is 12.8. The van der Waals surface area contributed by atoms with Crippen LogP contribution in [-0.4, -0.2) is 20.2 Å². The molecule has 4 aromatic carbocycles.